The minimum absolute atomic E-state index is 0.264. The molecule has 0 aliphatic carbocycles. The summed E-state index contributed by atoms with van der Waals surface area (Å²) in [5.41, 5.74) is 1.61. The number of benzene rings is 1. The lowest BCUT2D eigenvalue weighted by Crippen LogP contribution is -2.18. The van der Waals surface area contributed by atoms with Crippen LogP contribution in [0, 0.1) is 5.82 Å². The fourth-order valence-corrected chi connectivity index (χ4v) is 1.49. The molecule has 1 aromatic heterocycles. The van der Waals surface area contributed by atoms with Gasteiger partial charge >= 0.3 is 0 Å². The molecule has 0 unspecified atom stereocenters. The summed E-state index contributed by atoms with van der Waals surface area (Å²) in [4.78, 5) is 0. The normalized spacial score (nSPS) is 10.8. The van der Waals surface area contributed by atoms with Gasteiger partial charge in [0.1, 0.15) is 5.82 Å². The first-order valence-electron chi connectivity index (χ1n) is 5.66. The Labute approximate surface area is 105 Å². The highest BCUT2D eigenvalue weighted by Crippen LogP contribution is 2.07. The number of nitrogens with zero attached hydrogens (tertiary/aromatic N) is 3. The Morgan fingerprint density at radius 1 is 1.33 bits per heavy atom. The monoisotopic (exact) mass is 250 g/mol. The van der Waals surface area contributed by atoms with Gasteiger partial charge in [-0.25, -0.2) is 9.07 Å². The van der Waals surface area contributed by atoms with Crippen LogP contribution in [0.1, 0.15) is 5.69 Å². The van der Waals surface area contributed by atoms with Crippen molar-refractivity contribution in [3.8, 4) is 5.69 Å². The Kier molecular flexibility index (Phi) is 4.38. The molecule has 0 saturated carbocycles. The molecule has 0 aliphatic heterocycles. The van der Waals surface area contributed by atoms with Crippen molar-refractivity contribution in [2.24, 2.45) is 0 Å². The van der Waals surface area contributed by atoms with Crippen LogP contribution in [-0.4, -0.2) is 35.3 Å². The Morgan fingerprint density at radius 3 is 2.83 bits per heavy atom. The molecule has 0 amide bonds. The third kappa shape index (κ3) is 3.35. The van der Waals surface area contributed by atoms with Gasteiger partial charge in [-0.05, 0) is 24.3 Å². The van der Waals surface area contributed by atoms with E-state index in [0.717, 1.165) is 17.9 Å². The summed E-state index contributed by atoms with van der Waals surface area (Å²) in [5, 5.41) is 11.2. The van der Waals surface area contributed by atoms with Crippen molar-refractivity contribution in [2.75, 3.05) is 20.3 Å². The van der Waals surface area contributed by atoms with E-state index >= 15 is 0 Å². The van der Waals surface area contributed by atoms with E-state index < -0.39 is 0 Å². The van der Waals surface area contributed by atoms with E-state index in [1.54, 1.807) is 23.9 Å². The number of hydrogen-bond acceptors (Lipinski definition) is 4. The molecular formula is C12H15FN4O. The second-order valence-electron chi connectivity index (χ2n) is 3.80. The number of halogens is 1. The van der Waals surface area contributed by atoms with Crippen LogP contribution in [-0.2, 0) is 11.3 Å². The van der Waals surface area contributed by atoms with Gasteiger partial charge in [0, 0.05) is 20.2 Å². The number of nitrogens with one attached hydrogen (secondary N) is 1. The van der Waals surface area contributed by atoms with Crippen molar-refractivity contribution in [3.05, 3.63) is 42.0 Å². The SMILES string of the molecule is COCCNCc1cn(-c2ccc(F)cc2)nn1. The van der Waals surface area contributed by atoms with Crippen LogP contribution in [0.15, 0.2) is 30.5 Å². The maximum Gasteiger partial charge on any atom is 0.123 e. The van der Waals surface area contributed by atoms with Crippen molar-refractivity contribution in [1.82, 2.24) is 20.3 Å². The van der Waals surface area contributed by atoms with Crippen LogP contribution >= 0.6 is 0 Å². The van der Waals surface area contributed by atoms with Crippen LogP contribution in [0.2, 0.25) is 0 Å². The van der Waals surface area contributed by atoms with Crippen LogP contribution in [0.4, 0.5) is 4.39 Å². The molecule has 0 bridgehead atoms. The predicted octanol–water partition coefficient (Wildman–Crippen LogP) is 1.14. The first-order valence-corrected chi connectivity index (χ1v) is 5.66. The zero-order chi connectivity index (χ0) is 12.8. The second kappa shape index (κ2) is 6.23. The summed E-state index contributed by atoms with van der Waals surface area (Å²) < 4.78 is 19.3. The first-order chi connectivity index (χ1) is 8.79. The van der Waals surface area contributed by atoms with Crippen molar-refractivity contribution in [3.63, 3.8) is 0 Å². The molecule has 0 spiro atoms. The summed E-state index contributed by atoms with van der Waals surface area (Å²) in [6.07, 6.45) is 1.81. The van der Waals surface area contributed by atoms with Crippen molar-refractivity contribution in [2.45, 2.75) is 6.54 Å². The molecule has 1 N–H and O–H groups in total. The summed E-state index contributed by atoms with van der Waals surface area (Å²) in [7, 11) is 1.66. The Morgan fingerprint density at radius 2 is 2.11 bits per heavy atom. The van der Waals surface area contributed by atoms with Crippen LogP contribution in [0.3, 0.4) is 0 Å². The number of hydrogen-bond donors (Lipinski definition) is 1. The largest absolute Gasteiger partial charge is 0.383 e. The number of ether oxygens (including phenoxy) is 1. The van der Waals surface area contributed by atoms with Gasteiger partial charge in [-0.15, -0.1) is 5.10 Å². The third-order valence-corrected chi connectivity index (χ3v) is 2.42. The molecule has 2 rings (SSSR count). The van der Waals surface area contributed by atoms with E-state index in [1.165, 1.54) is 12.1 Å². The Balaban J connectivity index is 1.95. The summed E-state index contributed by atoms with van der Waals surface area (Å²) in [5.74, 6) is -0.264. The summed E-state index contributed by atoms with van der Waals surface area (Å²) in [6.45, 7) is 2.05. The molecule has 0 fully saturated rings. The van der Waals surface area contributed by atoms with E-state index in [1.807, 2.05) is 6.20 Å². The second-order valence-corrected chi connectivity index (χ2v) is 3.80. The lowest BCUT2D eigenvalue weighted by molar-refractivity contribution is 0.199. The van der Waals surface area contributed by atoms with Gasteiger partial charge in [0.05, 0.1) is 24.2 Å². The van der Waals surface area contributed by atoms with Gasteiger partial charge in [0.2, 0.25) is 0 Å². The van der Waals surface area contributed by atoms with E-state index in [9.17, 15) is 4.39 Å². The quantitative estimate of drug-likeness (QED) is 0.781. The van der Waals surface area contributed by atoms with Crippen LogP contribution < -0.4 is 5.32 Å². The van der Waals surface area contributed by atoms with Crippen molar-refractivity contribution in [1.29, 1.82) is 0 Å². The molecule has 0 saturated heterocycles. The number of aromatic nitrogens is 3. The first kappa shape index (κ1) is 12.7. The average Bonchev–Trinajstić information content (AvgIpc) is 2.84. The topological polar surface area (TPSA) is 52.0 Å². The molecule has 0 aliphatic rings. The minimum atomic E-state index is -0.264. The standard InChI is InChI=1S/C12H15FN4O/c1-18-7-6-14-8-11-9-17(16-15-11)12-4-2-10(13)3-5-12/h2-5,9,14H,6-8H2,1H3. The van der Waals surface area contributed by atoms with Gasteiger partial charge < -0.3 is 10.1 Å². The molecule has 1 aromatic carbocycles. The molecule has 96 valence electrons. The fraction of sp³-hybridized carbons (Fsp3) is 0.333. The van der Waals surface area contributed by atoms with E-state index in [-0.39, 0.29) is 5.82 Å². The zero-order valence-electron chi connectivity index (χ0n) is 10.1. The fourth-order valence-electron chi connectivity index (χ4n) is 1.49. The van der Waals surface area contributed by atoms with E-state index in [0.29, 0.717) is 13.2 Å². The highest BCUT2D eigenvalue weighted by atomic mass is 19.1. The van der Waals surface area contributed by atoms with Gasteiger partial charge in [-0.1, -0.05) is 5.21 Å². The maximum absolute atomic E-state index is 12.8. The predicted molar refractivity (Wildman–Crippen MR) is 64.9 cm³/mol. The van der Waals surface area contributed by atoms with Crippen LogP contribution in [0.5, 0.6) is 0 Å². The zero-order valence-corrected chi connectivity index (χ0v) is 10.1. The molecule has 0 atom stereocenters. The Bertz CT molecular complexity index is 483. The lowest BCUT2D eigenvalue weighted by atomic mass is 10.3. The van der Waals surface area contributed by atoms with Crippen LogP contribution in [0.25, 0.3) is 5.69 Å². The summed E-state index contributed by atoms with van der Waals surface area (Å²) in [6, 6.07) is 6.11. The molecular weight excluding hydrogens is 235 g/mol. The van der Waals surface area contributed by atoms with Crippen molar-refractivity contribution < 1.29 is 9.13 Å². The molecule has 1 heterocycles. The molecule has 0 radical (unpaired) electrons. The smallest absolute Gasteiger partial charge is 0.123 e. The number of rotatable bonds is 6. The average molecular weight is 250 g/mol. The van der Waals surface area contributed by atoms with E-state index in [4.69, 9.17) is 4.74 Å². The molecule has 5 nitrogen and oxygen atoms in total. The summed E-state index contributed by atoms with van der Waals surface area (Å²) >= 11 is 0. The number of methoxy groups -OCH3 is 1. The molecule has 6 heteroatoms. The van der Waals surface area contributed by atoms with E-state index in [2.05, 4.69) is 15.6 Å². The Hall–Kier alpha value is -1.79. The van der Waals surface area contributed by atoms with Gasteiger partial charge in [-0.2, -0.15) is 0 Å². The van der Waals surface area contributed by atoms with Gasteiger partial charge in [-0.3, -0.25) is 0 Å². The maximum atomic E-state index is 12.8. The van der Waals surface area contributed by atoms with Crippen molar-refractivity contribution >= 4 is 0 Å². The molecule has 2 aromatic rings. The van der Waals surface area contributed by atoms with Gasteiger partial charge in [0.25, 0.3) is 0 Å². The third-order valence-electron chi connectivity index (χ3n) is 2.42. The van der Waals surface area contributed by atoms with Gasteiger partial charge in [0.15, 0.2) is 0 Å². The highest BCUT2D eigenvalue weighted by molar-refractivity contribution is 5.30. The highest BCUT2D eigenvalue weighted by Gasteiger charge is 2.02. The lowest BCUT2D eigenvalue weighted by Gasteiger charge is -2.00. The minimum Gasteiger partial charge on any atom is -0.383 e. The molecule has 18 heavy (non-hydrogen) atoms.